The highest BCUT2D eigenvalue weighted by Crippen LogP contribution is 2.71. The van der Waals surface area contributed by atoms with E-state index in [1.807, 2.05) is 12.2 Å². The van der Waals surface area contributed by atoms with E-state index < -0.39 is 10.1 Å². The molecule has 1 heterocycles. The zero-order chi connectivity index (χ0) is 15.7. The molecule has 1 aliphatic carbocycles. The molecular formula is C12H2Br8O. The number of halogens is 8. The van der Waals surface area contributed by atoms with Crippen LogP contribution in [0.2, 0.25) is 0 Å². The zero-order valence-electron chi connectivity index (χ0n) is 9.59. The third-order valence-electron chi connectivity index (χ3n) is 3.28. The van der Waals surface area contributed by atoms with Gasteiger partial charge in [0.15, 0.2) is 10.1 Å². The van der Waals surface area contributed by atoms with Gasteiger partial charge in [0, 0.05) is 32.4 Å². The molecule has 21 heavy (non-hydrogen) atoms. The molecule has 0 radical (unpaired) electrons. The van der Waals surface area contributed by atoms with Crippen LogP contribution in [-0.4, -0.2) is 4.51 Å². The van der Waals surface area contributed by atoms with Gasteiger partial charge >= 0.3 is 0 Å². The Morgan fingerprint density at radius 2 is 1.24 bits per heavy atom. The van der Waals surface area contributed by atoms with E-state index in [9.17, 15) is 0 Å². The predicted molar refractivity (Wildman–Crippen MR) is 113 cm³/mol. The molecule has 1 saturated heterocycles. The molecule has 1 aliphatic heterocycles. The predicted octanol–water partition coefficient (Wildman–Crippen LogP) is 8.39. The molecule has 2 unspecified atom stereocenters. The first-order valence-corrected chi connectivity index (χ1v) is 11.7. The Kier molecular flexibility index (Phi) is 5.26. The van der Waals surface area contributed by atoms with Gasteiger partial charge in [0.25, 0.3) is 0 Å². The van der Waals surface area contributed by atoms with Gasteiger partial charge in [-0.2, -0.15) is 0 Å². The number of fused-ring (bicyclic) bond motifs is 1. The van der Waals surface area contributed by atoms with Crippen LogP contribution in [0, 0.1) is 0 Å². The molecule has 0 N–H and O–H groups in total. The van der Waals surface area contributed by atoms with Gasteiger partial charge in [-0.15, -0.1) is 0 Å². The minimum absolute atomic E-state index is 0.591. The van der Waals surface area contributed by atoms with Gasteiger partial charge in [-0.3, -0.25) is 0 Å². The fourth-order valence-electron chi connectivity index (χ4n) is 2.19. The largest absolute Gasteiger partial charge is 0.335 e. The molecule has 1 fully saturated rings. The molecule has 0 bridgehead atoms. The summed E-state index contributed by atoms with van der Waals surface area (Å²) in [5, 5.41) is 0. The normalized spacial score (nSPS) is 30.7. The summed E-state index contributed by atoms with van der Waals surface area (Å²) in [4.78, 5) is 0. The number of benzene rings is 1. The lowest BCUT2D eigenvalue weighted by molar-refractivity contribution is 0.338. The highest BCUT2D eigenvalue weighted by Gasteiger charge is 2.73. The van der Waals surface area contributed by atoms with Crippen molar-refractivity contribution in [2.45, 2.75) is 10.1 Å². The first kappa shape index (κ1) is 18.3. The molecule has 0 aromatic heterocycles. The molecule has 2 aliphatic rings. The number of hydrogen-bond acceptors (Lipinski definition) is 1. The van der Waals surface area contributed by atoms with E-state index in [-0.39, 0.29) is 0 Å². The second kappa shape index (κ2) is 6.04. The Morgan fingerprint density at radius 1 is 0.762 bits per heavy atom. The Labute approximate surface area is 188 Å². The van der Waals surface area contributed by atoms with E-state index in [1.54, 1.807) is 0 Å². The fraction of sp³-hybridized carbons (Fsp3) is 0.167. The first-order chi connectivity index (χ1) is 9.67. The summed E-state index contributed by atoms with van der Waals surface area (Å²) >= 11 is 28.9. The van der Waals surface area contributed by atoms with Crippen molar-refractivity contribution in [3.8, 4) is 0 Å². The van der Waals surface area contributed by atoms with Gasteiger partial charge in [0.2, 0.25) is 0 Å². The maximum atomic E-state index is 6.11. The van der Waals surface area contributed by atoms with Crippen LogP contribution in [0.3, 0.4) is 0 Å². The third kappa shape index (κ3) is 2.50. The van der Waals surface area contributed by atoms with Crippen molar-refractivity contribution in [2.24, 2.45) is 0 Å². The van der Waals surface area contributed by atoms with Gasteiger partial charge < -0.3 is 4.74 Å². The monoisotopic (exact) mass is 793 g/mol. The maximum absolute atomic E-state index is 6.11. The zero-order valence-corrected chi connectivity index (χ0v) is 22.3. The van der Waals surface area contributed by atoms with Crippen LogP contribution in [0.1, 0.15) is 5.56 Å². The summed E-state index contributed by atoms with van der Waals surface area (Å²) in [7, 11) is 0. The van der Waals surface area contributed by atoms with Crippen LogP contribution >= 0.6 is 127 Å². The molecule has 112 valence electrons. The van der Waals surface area contributed by atoms with Crippen LogP contribution < -0.4 is 0 Å². The van der Waals surface area contributed by atoms with Crippen LogP contribution in [0.5, 0.6) is 0 Å². The van der Waals surface area contributed by atoms with Gasteiger partial charge in [0.05, 0.1) is 4.48 Å². The smallest absolute Gasteiger partial charge is 0.194 e. The topological polar surface area (TPSA) is 12.5 Å². The maximum Gasteiger partial charge on any atom is 0.194 e. The van der Waals surface area contributed by atoms with Crippen molar-refractivity contribution in [3.63, 3.8) is 0 Å². The minimum atomic E-state index is -0.606. The van der Waals surface area contributed by atoms with E-state index in [4.69, 9.17) is 4.74 Å². The van der Waals surface area contributed by atoms with Crippen molar-refractivity contribution in [1.82, 2.24) is 0 Å². The van der Waals surface area contributed by atoms with Crippen LogP contribution in [0.4, 0.5) is 0 Å². The fourth-order valence-corrected chi connectivity index (χ4v) is 7.81. The van der Waals surface area contributed by atoms with Crippen molar-refractivity contribution in [3.05, 3.63) is 49.0 Å². The average Bonchev–Trinajstić information content (AvgIpc) is 3.07. The van der Waals surface area contributed by atoms with Crippen LogP contribution in [0.15, 0.2) is 43.5 Å². The van der Waals surface area contributed by atoms with Crippen molar-refractivity contribution in [1.29, 1.82) is 0 Å². The molecule has 1 nitrogen and oxygen atoms in total. The molecule has 3 rings (SSSR count). The number of hydrogen-bond donors (Lipinski definition) is 0. The van der Waals surface area contributed by atoms with Crippen LogP contribution in [-0.2, 0) is 10.3 Å². The Bertz CT molecular complexity index is 710. The van der Waals surface area contributed by atoms with Crippen LogP contribution in [0.25, 0.3) is 0 Å². The summed E-state index contributed by atoms with van der Waals surface area (Å²) in [6, 6.07) is 0. The lowest BCUT2D eigenvalue weighted by Crippen LogP contribution is -2.21. The summed E-state index contributed by atoms with van der Waals surface area (Å²) in [6.07, 6.45) is 4.02. The first-order valence-electron chi connectivity index (χ1n) is 5.33. The summed E-state index contributed by atoms with van der Waals surface area (Å²) < 4.78 is 12.0. The van der Waals surface area contributed by atoms with E-state index in [1.165, 1.54) is 0 Å². The Morgan fingerprint density at radius 3 is 1.76 bits per heavy atom. The summed E-state index contributed by atoms with van der Waals surface area (Å²) in [5.41, 5.74) is 0.404. The average molecular weight is 801 g/mol. The van der Waals surface area contributed by atoms with E-state index in [0.717, 1.165) is 36.9 Å². The van der Waals surface area contributed by atoms with Gasteiger partial charge in [0.1, 0.15) is 0 Å². The van der Waals surface area contributed by atoms with E-state index in [2.05, 4.69) is 127 Å². The molecule has 0 amide bonds. The van der Waals surface area contributed by atoms with E-state index in [0.29, 0.717) is 0 Å². The molecule has 9 heteroatoms. The quantitative estimate of drug-likeness (QED) is 0.120. The second-order valence-electron chi connectivity index (χ2n) is 4.37. The summed E-state index contributed by atoms with van der Waals surface area (Å²) in [5.74, 6) is 0. The molecule has 1 aromatic carbocycles. The van der Waals surface area contributed by atoms with Gasteiger partial charge in [-0.1, -0.05) is 15.9 Å². The molecular weight excluding hydrogens is 799 g/mol. The second-order valence-corrected chi connectivity index (χ2v) is 11.1. The number of epoxide rings is 1. The molecule has 2 atom stereocenters. The number of rotatable bonds is 1. The Hall–Kier alpha value is 2.50. The number of alkyl halides is 1. The van der Waals surface area contributed by atoms with E-state index >= 15 is 0 Å². The van der Waals surface area contributed by atoms with Gasteiger partial charge in [-0.25, -0.2) is 0 Å². The highest BCUT2D eigenvalue weighted by molar-refractivity contribution is 9.16. The molecule has 0 spiro atoms. The van der Waals surface area contributed by atoms with Gasteiger partial charge in [-0.05, 0) is 124 Å². The standard InChI is InChI=1S/C12H2Br8O/c13-3-1-2-11(12(20,21-11)10(3)19)4-5(14)7(16)9(18)8(17)6(4)15/h1-2H. The lowest BCUT2D eigenvalue weighted by atomic mass is 9.92. The molecule has 1 aromatic rings. The minimum Gasteiger partial charge on any atom is -0.335 e. The molecule has 0 saturated carbocycles. The SMILES string of the molecule is BrC1=C(Br)C2(Br)OC2(c2c(Br)c(Br)c(Br)c(Br)c2Br)C=C1. The summed E-state index contributed by atoms with van der Waals surface area (Å²) in [6.45, 7) is 0. The Balaban J connectivity index is 2.29. The third-order valence-corrected chi connectivity index (χ3v) is 13.2. The van der Waals surface area contributed by atoms with Crippen molar-refractivity contribution >= 4 is 127 Å². The van der Waals surface area contributed by atoms with Crippen molar-refractivity contribution in [2.75, 3.05) is 0 Å². The van der Waals surface area contributed by atoms with Crippen molar-refractivity contribution < 1.29 is 4.74 Å². The number of allylic oxidation sites excluding steroid dienone is 2. The lowest BCUT2D eigenvalue weighted by Gasteiger charge is -2.22. The highest BCUT2D eigenvalue weighted by atomic mass is 79.9. The number of ether oxygens (including phenoxy) is 1.